The van der Waals surface area contributed by atoms with Crippen LogP contribution in [0.3, 0.4) is 0 Å². The van der Waals surface area contributed by atoms with Crippen LogP contribution in [0.2, 0.25) is 0 Å². The lowest BCUT2D eigenvalue weighted by atomic mass is 10.1. The highest BCUT2D eigenvalue weighted by atomic mass is 35.5. The van der Waals surface area contributed by atoms with Gasteiger partial charge in [0.25, 0.3) is 0 Å². The van der Waals surface area contributed by atoms with Crippen LogP contribution in [0.15, 0.2) is 36.5 Å². The normalized spacial score (nSPS) is 12.6. The Kier molecular flexibility index (Phi) is 2.97. The Morgan fingerprint density at radius 2 is 2.27 bits per heavy atom. The van der Waals surface area contributed by atoms with Crippen LogP contribution >= 0.6 is 11.6 Å². The largest absolute Gasteiger partial charge is 0.302 e. The summed E-state index contributed by atoms with van der Waals surface area (Å²) in [4.78, 5) is 14.6. The van der Waals surface area contributed by atoms with E-state index in [2.05, 4.69) is 4.98 Å². The van der Waals surface area contributed by atoms with Crippen LogP contribution in [0, 0.1) is 0 Å². The summed E-state index contributed by atoms with van der Waals surface area (Å²) in [7, 11) is 0. The van der Waals surface area contributed by atoms with Crippen molar-refractivity contribution in [3.8, 4) is 0 Å². The van der Waals surface area contributed by atoms with Gasteiger partial charge in [-0.15, -0.1) is 11.6 Å². The van der Waals surface area contributed by atoms with Gasteiger partial charge in [0.2, 0.25) is 0 Å². The van der Waals surface area contributed by atoms with Crippen molar-refractivity contribution in [2.24, 2.45) is 0 Å². The summed E-state index contributed by atoms with van der Waals surface area (Å²) in [6.45, 7) is 0. The summed E-state index contributed by atoms with van der Waals surface area (Å²) in [5.41, 5.74) is 2.01. The van der Waals surface area contributed by atoms with Gasteiger partial charge >= 0.3 is 0 Å². The molecule has 1 heterocycles. The minimum atomic E-state index is -0.445. The number of fused-ring (bicyclic) bond motifs is 1. The van der Waals surface area contributed by atoms with Crippen LogP contribution in [0.25, 0.3) is 10.9 Å². The number of benzene rings is 1. The van der Waals surface area contributed by atoms with Crippen molar-refractivity contribution in [3.63, 3.8) is 0 Å². The van der Waals surface area contributed by atoms with Crippen molar-refractivity contribution in [1.29, 1.82) is 0 Å². The molecule has 0 bridgehead atoms. The van der Waals surface area contributed by atoms with Crippen LogP contribution in [0.1, 0.15) is 5.56 Å². The molecular weight excluding hydrogens is 210 g/mol. The first kappa shape index (κ1) is 10.1. The minimum absolute atomic E-state index is 0.445. The van der Waals surface area contributed by atoms with Gasteiger partial charge < -0.3 is 4.79 Å². The van der Waals surface area contributed by atoms with Crippen molar-refractivity contribution in [2.45, 2.75) is 11.8 Å². The molecule has 15 heavy (non-hydrogen) atoms. The standard InChI is InChI=1S/C12H10ClNO/c13-11(8-15)7-9-3-4-12-10(6-9)2-1-5-14-12/h1-6,8,11H,7H2/t11-/m0/s1. The SMILES string of the molecule is O=C[C@@H](Cl)Cc1ccc2ncccc2c1. The fraction of sp³-hybridized carbons (Fsp3) is 0.167. The van der Waals surface area contributed by atoms with E-state index in [1.807, 2.05) is 30.3 Å². The average molecular weight is 220 g/mol. The van der Waals surface area contributed by atoms with Crippen LogP contribution < -0.4 is 0 Å². The van der Waals surface area contributed by atoms with Gasteiger partial charge in [0.15, 0.2) is 0 Å². The molecule has 3 heteroatoms. The highest BCUT2D eigenvalue weighted by molar-refractivity contribution is 6.27. The number of aromatic nitrogens is 1. The van der Waals surface area contributed by atoms with E-state index in [4.69, 9.17) is 11.6 Å². The monoisotopic (exact) mass is 219 g/mol. The molecule has 0 aliphatic carbocycles. The Bertz CT molecular complexity index is 484. The lowest BCUT2D eigenvalue weighted by Crippen LogP contribution is -2.03. The van der Waals surface area contributed by atoms with Gasteiger partial charge in [0, 0.05) is 11.6 Å². The number of alkyl halides is 1. The third-order valence-corrected chi connectivity index (χ3v) is 2.50. The number of rotatable bonds is 3. The molecule has 0 aliphatic rings. The number of hydrogen-bond acceptors (Lipinski definition) is 2. The number of aldehydes is 1. The van der Waals surface area contributed by atoms with Gasteiger partial charge in [-0.1, -0.05) is 12.1 Å². The van der Waals surface area contributed by atoms with Crippen molar-refractivity contribution in [3.05, 3.63) is 42.1 Å². The molecule has 0 saturated heterocycles. The Hall–Kier alpha value is -1.41. The molecule has 0 spiro atoms. The van der Waals surface area contributed by atoms with Crippen LogP contribution in [0.4, 0.5) is 0 Å². The molecule has 0 amide bonds. The zero-order chi connectivity index (χ0) is 10.7. The Labute approximate surface area is 92.9 Å². The lowest BCUT2D eigenvalue weighted by molar-refractivity contribution is -0.107. The van der Waals surface area contributed by atoms with E-state index in [1.54, 1.807) is 6.20 Å². The fourth-order valence-electron chi connectivity index (χ4n) is 1.53. The zero-order valence-corrected chi connectivity index (χ0v) is 8.82. The maximum Gasteiger partial charge on any atom is 0.138 e. The molecule has 2 aromatic rings. The molecule has 0 unspecified atom stereocenters. The predicted octanol–water partition coefficient (Wildman–Crippen LogP) is 2.58. The van der Waals surface area contributed by atoms with Crippen molar-refractivity contribution < 1.29 is 4.79 Å². The van der Waals surface area contributed by atoms with E-state index in [-0.39, 0.29) is 0 Å². The highest BCUT2D eigenvalue weighted by Gasteiger charge is 2.04. The van der Waals surface area contributed by atoms with Crippen molar-refractivity contribution in [2.75, 3.05) is 0 Å². The van der Waals surface area contributed by atoms with Crippen LogP contribution in [0.5, 0.6) is 0 Å². The van der Waals surface area contributed by atoms with E-state index in [0.29, 0.717) is 6.42 Å². The summed E-state index contributed by atoms with van der Waals surface area (Å²) < 4.78 is 0. The van der Waals surface area contributed by atoms with E-state index < -0.39 is 5.38 Å². The molecule has 2 nitrogen and oxygen atoms in total. The van der Waals surface area contributed by atoms with Gasteiger partial charge in [0.05, 0.1) is 10.9 Å². The summed E-state index contributed by atoms with van der Waals surface area (Å²) in [6, 6.07) is 9.80. The number of hydrogen-bond donors (Lipinski definition) is 0. The smallest absolute Gasteiger partial charge is 0.138 e. The van der Waals surface area contributed by atoms with Gasteiger partial charge in [0.1, 0.15) is 6.29 Å². The van der Waals surface area contributed by atoms with E-state index >= 15 is 0 Å². The third-order valence-electron chi connectivity index (χ3n) is 2.25. The summed E-state index contributed by atoms with van der Waals surface area (Å²) >= 11 is 5.77. The second-order valence-corrected chi connectivity index (χ2v) is 3.95. The molecule has 0 radical (unpaired) electrons. The molecule has 0 N–H and O–H groups in total. The molecular formula is C12H10ClNO. The van der Waals surface area contributed by atoms with Gasteiger partial charge in [-0.3, -0.25) is 4.98 Å². The maximum atomic E-state index is 10.4. The van der Waals surface area contributed by atoms with Gasteiger partial charge in [-0.25, -0.2) is 0 Å². The van der Waals surface area contributed by atoms with Gasteiger partial charge in [-0.2, -0.15) is 0 Å². The molecule has 2 rings (SSSR count). The van der Waals surface area contributed by atoms with Gasteiger partial charge in [-0.05, 0) is 30.2 Å². The fourth-order valence-corrected chi connectivity index (χ4v) is 1.70. The lowest BCUT2D eigenvalue weighted by Gasteiger charge is -2.03. The number of carbonyl (C=O) groups is 1. The Morgan fingerprint density at radius 3 is 3.07 bits per heavy atom. The Morgan fingerprint density at radius 1 is 1.40 bits per heavy atom. The second kappa shape index (κ2) is 4.41. The topological polar surface area (TPSA) is 30.0 Å². The molecule has 76 valence electrons. The third kappa shape index (κ3) is 2.34. The first-order valence-corrected chi connectivity index (χ1v) is 5.16. The first-order chi connectivity index (χ1) is 7.29. The average Bonchev–Trinajstić information content (AvgIpc) is 2.29. The number of halogens is 1. The van der Waals surface area contributed by atoms with Crippen LogP contribution in [-0.4, -0.2) is 16.6 Å². The summed E-state index contributed by atoms with van der Waals surface area (Å²) in [5.74, 6) is 0. The predicted molar refractivity (Wildman–Crippen MR) is 61.2 cm³/mol. The molecule has 0 aliphatic heterocycles. The molecule has 1 atom stereocenters. The molecule has 0 fully saturated rings. The highest BCUT2D eigenvalue weighted by Crippen LogP contribution is 2.15. The number of pyridine rings is 1. The summed E-state index contributed by atoms with van der Waals surface area (Å²) in [6.07, 6.45) is 3.09. The molecule has 0 saturated carbocycles. The van der Waals surface area contributed by atoms with Crippen molar-refractivity contribution >= 4 is 28.8 Å². The summed E-state index contributed by atoms with van der Waals surface area (Å²) in [5, 5.41) is 0.629. The molecule has 1 aromatic heterocycles. The van der Waals surface area contributed by atoms with Crippen LogP contribution in [-0.2, 0) is 11.2 Å². The zero-order valence-electron chi connectivity index (χ0n) is 8.06. The molecule has 1 aromatic carbocycles. The van der Waals surface area contributed by atoms with Crippen molar-refractivity contribution in [1.82, 2.24) is 4.98 Å². The first-order valence-electron chi connectivity index (χ1n) is 4.72. The Balaban J connectivity index is 2.34. The number of carbonyl (C=O) groups excluding carboxylic acids is 1. The quantitative estimate of drug-likeness (QED) is 0.587. The second-order valence-electron chi connectivity index (χ2n) is 3.39. The van der Waals surface area contributed by atoms with E-state index in [9.17, 15) is 4.79 Å². The number of nitrogens with zero attached hydrogens (tertiary/aromatic N) is 1. The minimum Gasteiger partial charge on any atom is -0.302 e. The van der Waals surface area contributed by atoms with E-state index in [0.717, 1.165) is 22.8 Å². The maximum absolute atomic E-state index is 10.4. The van der Waals surface area contributed by atoms with E-state index in [1.165, 1.54) is 0 Å².